The van der Waals surface area contributed by atoms with Gasteiger partial charge in [0.25, 0.3) is 5.91 Å². The lowest BCUT2D eigenvalue weighted by molar-refractivity contribution is -0.118. The van der Waals surface area contributed by atoms with Gasteiger partial charge in [0.2, 0.25) is 0 Å². The van der Waals surface area contributed by atoms with Crippen LogP contribution in [-0.2, 0) is 4.79 Å². The van der Waals surface area contributed by atoms with Crippen molar-refractivity contribution in [1.29, 1.82) is 0 Å². The number of nitrogens with one attached hydrogen (secondary N) is 1. The summed E-state index contributed by atoms with van der Waals surface area (Å²) in [4.78, 5) is 11.8. The van der Waals surface area contributed by atoms with E-state index in [1.54, 1.807) is 24.3 Å². The fourth-order valence-electron chi connectivity index (χ4n) is 1.79. The van der Waals surface area contributed by atoms with Crippen LogP contribution in [0.2, 0.25) is 0 Å². The average Bonchev–Trinajstić information content (AvgIpc) is 2.43. The molecule has 0 aliphatic heterocycles. The molecule has 104 valence electrons. The van der Waals surface area contributed by atoms with Gasteiger partial charge in [0.05, 0.1) is 0 Å². The summed E-state index contributed by atoms with van der Waals surface area (Å²) in [7, 11) is 0. The van der Waals surface area contributed by atoms with Crippen molar-refractivity contribution in [3.8, 4) is 5.75 Å². The van der Waals surface area contributed by atoms with Crippen LogP contribution in [0, 0.1) is 13.8 Å². The third-order valence-electron chi connectivity index (χ3n) is 3.11. The van der Waals surface area contributed by atoms with E-state index in [4.69, 9.17) is 10.5 Å². The molecule has 4 heteroatoms. The molecular formula is C16H18N2O2. The summed E-state index contributed by atoms with van der Waals surface area (Å²) in [5.74, 6) is 0.535. The predicted molar refractivity (Wildman–Crippen MR) is 80.9 cm³/mol. The maximum Gasteiger partial charge on any atom is 0.262 e. The van der Waals surface area contributed by atoms with Gasteiger partial charge in [-0.2, -0.15) is 0 Å². The Labute approximate surface area is 118 Å². The van der Waals surface area contributed by atoms with E-state index in [0.717, 1.165) is 16.9 Å². The van der Waals surface area contributed by atoms with Gasteiger partial charge in [0, 0.05) is 11.4 Å². The Balaban J connectivity index is 1.92. The predicted octanol–water partition coefficient (Wildman–Crippen LogP) is 2.90. The highest BCUT2D eigenvalue weighted by Crippen LogP contribution is 2.20. The zero-order chi connectivity index (χ0) is 14.5. The fraction of sp³-hybridized carbons (Fsp3) is 0.188. The molecule has 0 aliphatic carbocycles. The molecule has 4 nitrogen and oxygen atoms in total. The van der Waals surface area contributed by atoms with Crippen LogP contribution < -0.4 is 15.8 Å². The molecule has 2 rings (SSSR count). The second kappa shape index (κ2) is 6.10. The van der Waals surface area contributed by atoms with Crippen molar-refractivity contribution in [2.45, 2.75) is 13.8 Å². The van der Waals surface area contributed by atoms with Crippen molar-refractivity contribution in [1.82, 2.24) is 0 Å². The van der Waals surface area contributed by atoms with Gasteiger partial charge in [-0.3, -0.25) is 4.79 Å². The summed E-state index contributed by atoms with van der Waals surface area (Å²) in [5, 5.41) is 2.75. The Morgan fingerprint density at radius 1 is 1.15 bits per heavy atom. The van der Waals surface area contributed by atoms with Gasteiger partial charge in [-0.15, -0.1) is 0 Å². The van der Waals surface area contributed by atoms with Crippen LogP contribution in [0.5, 0.6) is 5.75 Å². The van der Waals surface area contributed by atoms with E-state index in [0.29, 0.717) is 11.4 Å². The molecule has 2 aromatic rings. The second-order valence-electron chi connectivity index (χ2n) is 4.66. The highest BCUT2D eigenvalue weighted by atomic mass is 16.5. The van der Waals surface area contributed by atoms with E-state index in [-0.39, 0.29) is 12.5 Å². The molecule has 20 heavy (non-hydrogen) atoms. The van der Waals surface area contributed by atoms with Gasteiger partial charge in [0.1, 0.15) is 5.75 Å². The zero-order valence-electron chi connectivity index (χ0n) is 11.6. The number of nitrogen functional groups attached to an aromatic ring is 1. The average molecular weight is 270 g/mol. The van der Waals surface area contributed by atoms with E-state index < -0.39 is 0 Å². The number of carbonyl (C=O) groups excluding carboxylic acids is 1. The molecule has 0 atom stereocenters. The first-order valence-electron chi connectivity index (χ1n) is 6.40. The van der Waals surface area contributed by atoms with Gasteiger partial charge in [0.15, 0.2) is 6.61 Å². The summed E-state index contributed by atoms with van der Waals surface area (Å²) >= 11 is 0. The van der Waals surface area contributed by atoms with Crippen LogP contribution in [0.1, 0.15) is 11.1 Å². The first-order valence-corrected chi connectivity index (χ1v) is 6.40. The number of amides is 1. The Morgan fingerprint density at radius 2 is 1.85 bits per heavy atom. The summed E-state index contributed by atoms with van der Waals surface area (Å²) < 4.78 is 5.54. The minimum absolute atomic E-state index is 0.0192. The lowest BCUT2D eigenvalue weighted by atomic mass is 10.1. The molecule has 0 unspecified atom stereocenters. The molecular weight excluding hydrogens is 252 g/mol. The largest absolute Gasteiger partial charge is 0.483 e. The van der Waals surface area contributed by atoms with Crippen LogP contribution in [0.3, 0.4) is 0 Å². The summed E-state index contributed by atoms with van der Waals surface area (Å²) in [6.07, 6.45) is 0. The maximum atomic E-state index is 11.8. The van der Waals surface area contributed by atoms with Gasteiger partial charge < -0.3 is 15.8 Å². The van der Waals surface area contributed by atoms with E-state index in [1.165, 1.54) is 0 Å². The number of anilines is 2. The third-order valence-corrected chi connectivity index (χ3v) is 3.11. The molecule has 2 aromatic carbocycles. The topological polar surface area (TPSA) is 64.3 Å². The van der Waals surface area contributed by atoms with E-state index in [1.807, 2.05) is 32.0 Å². The minimum atomic E-state index is -0.198. The molecule has 0 fully saturated rings. The number of aryl methyl sites for hydroxylation is 1. The Kier molecular flexibility index (Phi) is 4.25. The molecule has 3 N–H and O–H groups in total. The summed E-state index contributed by atoms with van der Waals surface area (Å²) in [5.41, 5.74) is 9.14. The third kappa shape index (κ3) is 3.51. The fourth-order valence-corrected chi connectivity index (χ4v) is 1.79. The smallest absolute Gasteiger partial charge is 0.262 e. The quantitative estimate of drug-likeness (QED) is 0.840. The van der Waals surface area contributed by atoms with Crippen molar-refractivity contribution < 1.29 is 9.53 Å². The van der Waals surface area contributed by atoms with Crippen LogP contribution in [-0.4, -0.2) is 12.5 Å². The minimum Gasteiger partial charge on any atom is -0.483 e. The molecule has 0 spiro atoms. The Hall–Kier alpha value is -2.49. The molecule has 0 saturated heterocycles. The van der Waals surface area contributed by atoms with Crippen LogP contribution in [0.4, 0.5) is 11.4 Å². The molecule has 1 amide bonds. The number of benzene rings is 2. The van der Waals surface area contributed by atoms with E-state index in [9.17, 15) is 4.79 Å². The summed E-state index contributed by atoms with van der Waals surface area (Å²) in [6, 6.07) is 12.8. The number of ether oxygens (including phenoxy) is 1. The zero-order valence-corrected chi connectivity index (χ0v) is 11.6. The van der Waals surface area contributed by atoms with Crippen molar-refractivity contribution in [3.05, 3.63) is 53.6 Å². The van der Waals surface area contributed by atoms with Crippen molar-refractivity contribution >= 4 is 17.3 Å². The monoisotopic (exact) mass is 270 g/mol. The van der Waals surface area contributed by atoms with Crippen molar-refractivity contribution in [2.24, 2.45) is 0 Å². The van der Waals surface area contributed by atoms with Gasteiger partial charge in [-0.1, -0.05) is 12.1 Å². The number of hydrogen-bond donors (Lipinski definition) is 2. The number of rotatable bonds is 4. The SMILES string of the molecule is Cc1cccc(OCC(=O)Nc2ccc(N)cc2)c1C. The van der Waals surface area contributed by atoms with Crippen molar-refractivity contribution in [3.63, 3.8) is 0 Å². The van der Waals surface area contributed by atoms with Crippen LogP contribution >= 0.6 is 0 Å². The van der Waals surface area contributed by atoms with E-state index in [2.05, 4.69) is 5.32 Å². The lowest BCUT2D eigenvalue weighted by Crippen LogP contribution is -2.20. The normalized spacial score (nSPS) is 10.1. The Bertz CT molecular complexity index is 606. The lowest BCUT2D eigenvalue weighted by Gasteiger charge is -2.11. The highest BCUT2D eigenvalue weighted by molar-refractivity contribution is 5.92. The molecule has 0 aromatic heterocycles. The van der Waals surface area contributed by atoms with Crippen LogP contribution in [0.15, 0.2) is 42.5 Å². The van der Waals surface area contributed by atoms with Crippen LogP contribution in [0.25, 0.3) is 0 Å². The first-order chi connectivity index (χ1) is 9.56. The first kappa shape index (κ1) is 13.9. The van der Waals surface area contributed by atoms with E-state index >= 15 is 0 Å². The highest BCUT2D eigenvalue weighted by Gasteiger charge is 2.06. The number of carbonyl (C=O) groups is 1. The molecule has 0 heterocycles. The summed E-state index contributed by atoms with van der Waals surface area (Å²) in [6.45, 7) is 3.97. The van der Waals surface area contributed by atoms with Gasteiger partial charge in [-0.25, -0.2) is 0 Å². The molecule has 0 bridgehead atoms. The second-order valence-corrected chi connectivity index (χ2v) is 4.66. The van der Waals surface area contributed by atoms with Crippen molar-refractivity contribution in [2.75, 3.05) is 17.7 Å². The molecule has 0 saturated carbocycles. The van der Waals surface area contributed by atoms with Gasteiger partial charge in [-0.05, 0) is 55.3 Å². The number of nitrogens with two attached hydrogens (primary N) is 1. The molecule has 0 aliphatic rings. The molecule has 0 radical (unpaired) electrons. The number of hydrogen-bond acceptors (Lipinski definition) is 3. The Morgan fingerprint density at radius 3 is 2.55 bits per heavy atom. The maximum absolute atomic E-state index is 11.8. The van der Waals surface area contributed by atoms with Gasteiger partial charge >= 0.3 is 0 Å². The standard InChI is InChI=1S/C16H18N2O2/c1-11-4-3-5-15(12(11)2)20-10-16(19)18-14-8-6-13(17)7-9-14/h3-9H,10,17H2,1-2H3,(H,18,19).